The van der Waals surface area contributed by atoms with Crippen LogP contribution in [0.5, 0.6) is 0 Å². The molecule has 0 saturated carbocycles. The molecule has 22 heavy (non-hydrogen) atoms. The third kappa shape index (κ3) is 3.46. The fourth-order valence-electron chi connectivity index (χ4n) is 2.89. The summed E-state index contributed by atoms with van der Waals surface area (Å²) in [5, 5.41) is 12.2. The van der Waals surface area contributed by atoms with E-state index in [-0.39, 0.29) is 6.04 Å². The summed E-state index contributed by atoms with van der Waals surface area (Å²) in [4.78, 5) is 6.74. The van der Waals surface area contributed by atoms with Crippen LogP contribution in [0.4, 0.5) is 5.82 Å². The van der Waals surface area contributed by atoms with E-state index in [2.05, 4.69) is 21.3 Å². The van der Waals surface area contributed by atoms with Crippen molar-refractivity contribution in [2.75, 3.05) is 25.0 Å². The predicted molar refractivity (Wildman–Crippen MR) is 84.3 cm³/mol. The van der Waals surface area contributed by atoms with Crippen LogP contribution in [-0.4, -0.2) is 29.5 Å². The second kappa shape index (κ2) is 7.10. The fraction of sp³-hybridized carbons (Fsp3) is 0.412. The number of aromatic nitrogens is 1. The van der Waals surface area contributed by atoms with E-state index in [1.807, 2.05) is 18.2 Å². The van der Waals surface area contributed by atoms with Gasteiger partial charge in [-0.1, -0.05) is 6.42 Å². The largest absolute Gasteiger partial charge is 0.468 e. The van der Waals surface area contributed by atoms with Gasteiger partial charge >= 0.3 is 0 Å². The van der Waals surface area contributed by atoms with Crippen molar-refractivity contribution in [1.82, 2.24) is 9.88 Å². The molecule has 3 rings (SSSR count). The fourth-order valence-corrected chi connectivity index (χ4v) is 2.89. The van der Waals surface area contributed by atoms with Crippen LogP contribution in [0.25, 0.3) is 0 Å². The van der Waals surface area contributed by atoms with E-state index in [4.69, 9.17) is 9.68 Å². The Morgan fingerprint density at radius 3 is 2.77 bits per heavy atom. The summed E-state index contributed by atoms with van der Waals surface area (Å²) in [5.41, 5.74) is 0.573. The molecule has 0 radical (unpaired) electrons. The van der Waals surface area contributed by atoms with Crippen LogP contribution in [0, 0.1) is 11.3 Å². The van der Waals surface area contributed by atoms with Gasteiger partial charge in [0.1, 0.15) is 17.6 Å². The molecule has 1 atom stereocenters. The molecule has 0 amide bonds. The molecule has 2 aromatic heterocycles. The number of anilines is 1. The molecule has 0 spiro atoms. The van der Waals surface area contributed by atoms with Gasteiger partial charge in [-0.2, -0.15) is 5.26 Å². The summed E-state index contributed by atoms with van der Waals surface area (Å²) < 4.78 is 5.63. The number of likely N-dealkylation sites (tertiary alicyclic amines) is 1. The minimum atomic E-state index is 0.216. The second-order valence-corrected chi connectivity index (χ2v) is 5.55. The Bertz CT molecular complexity index is 609. The third-order valence-electron chi connectivity index (χ3n) is 4.07. The van der Waals surface area contributed by atoms with E-state index in [9.17, 15) is 0 Å². The Labute approximate surface area is 130 Å². The number of piperidine rings is 1. The Morgan fingerprint density at radius 1 is 1.27 bits per heavy atom. The molecule has 3 heterocycles. The Morgan fingerprint density at radius 2 is 2.14 bits per heavy atom. The van der Waals surface area contributed by atoms with E-state index in [0.717, 1.165) is 31.2 Å². The van der Waals surface area contributed by atoms with Gasteiger partial charge in [0.05, 0.1) is 17.9 Å². The molecule has 0 unspecified atom stereocenters. The summed E-state index contributed by atoms with van der Waals surface area (Å²) >= 11 is 0. The average Bonchev–Trinajstić information content (AvgIpc) is 3.11. The van der Waals surface area contributed by atoms with Gasteiger partial charge in [0.2, 0.25) is 0 Å². The molecule has 114 valence electrons. The molecule has 1 aliphatic rings. The van der Waals surface area contributed by atoms with Crippen molar-refractivity contribution in [2.24, 2.45) is 0 Å². The number of rotatable bonds is 5. The summed E-state index contributed by atoms with van der Waals surface area (Å²) in [7, 11) is 0. The van der Waals surface area contributed by atoms with Gasteiger partial charge in [0.15, 0.2) is 0 Å². The zero-order valence-corrected chi connectivity index (χ0v) is 12.5. The number of nitrogens with zero attached hydrogens (tertiary/aromatic N) is 3. The second-order valence-electron chi connectivity index (χ2n) is 5.55. The van der Waals surface area contributed by atoms with Gasteiger partial charge < -0.3 is 9.73 Å². The van der Waals surface area contributed by atoms with Crippen LogP contribution in [0.3, 0.4) is 0 Å². The highest BCUT2D eigenvalue weighted by Crippen LogP contribution is 2.25. The quantitative estimate of drug-likeness (QED) is 0.918. The Kier molecular flexibility index (Phi) is 4.71. The lowest BCUT2D eigenvalue weighted by Crippen LogP contribution is -2.37. The molecule has 1 saturated heterocycles. The summed E-state index contributed by atoms with van der Waals surface area (Å²) in [6, 6.07) is 9.88. The number of pyridine rings is 1. The number of nitriles is 1. The molecule has 1 N–H and O–H groups in total. The first-order valence-corrected chi connectivity index (χ1v) is 7.74. The summed E-state index contributed by atoms with van der Waals surface area (Å²) in [6.45, 7) is 2.95. The van der Waals surface area contributed by atoms with Gasteiger partial charge in [-0.25, -0.2) is 4.98 Å². The van der Waals surface area contributed by atoms with Gasteiger partial charge in [-0.3, -0.25) is 4.90 Å². The lowest BCUT2D eigenvalue weighted by atomic mass is 10.1. The number of hydrogen-bond donors (Lipinski definition) is 1. The third-order valence-corrected chi connectivity index (χ3v) is 4.07. The molecule has 5 heteroatoms. The normalized spacial score (nSPS) is 16.9. The van der Waals surface area contributed by atoms with Crippen LogP contribution >= 0.6 is 0 Å². The molecule has 1 aliphatic heterocycles. The molecule has 0 aliphatic carbocycles. The highest BCUT2D eigenvalue weighted by Gasteiger charge is 2.24. The Balaban J connectivity index is 1.68. The average molecular weight is 296 g/mol. The van der Waals surface area contributed by atoms with Gasteiger partial charge in [0.25, 0.3) is 0 Å². The van der Waals surface area contributed by atoms with Crippen LogP contribution < -0.4 is 5.32 Å². The van der Waals surface area contributed by atoms with Gasteiger partial charge in [-0.15, -0.1) is 0 Å². The maximum absolute atomic E-state index is 8.81. The molecular weight excluding hydrogens is 276 g/mol. The van der Waals surface area contributed by atoms with Crippen molar-refractivity contribution in [3.63, 3.8) is 0 Å². The van der Waals surface area contributed by atoms with Gasteiger partial charge in [-0.05, 0) is 50.2 Å². The SMILES string of the molecule is N#Cc1ccc(NC[C@@H](c2ccco2)N2CCCCC2)nc1. The summed E-state index contributed by atoms with van der Waals surface area (Å²) in [5.74, 6) is 1.77. The van der Waals surface area contributed by atoms with Crippen molar-refractivity contribution < 1.29 is 4.42 Å². The van der Waals surface area contributed by atoms with Gasteiger partial charge in [0, 0.05) is 12.7 Å². The first-order chi connectivity index (χ1) is 10.9. The predicted octanol–water partition coefficient (Wildman–Crippen LogP) is 3.19. The lowest BCUT2D eigenvalue weighted by Gasteiger charge is -2.33. The van der Waals surface area contributed by atoms with Crippen molar-refractivity contribution in [3.8, 4) is 6.07 Å². The molecule has 5 nitrogen and oxygen atoms in total. The first-order valence-electron chi connectivity index (χ1n) is 7.74. The zero-order valence-electron chi connectivity index (χ0n) is 12.5. The van der Waals surface area contributed by atoms with Crippen LogP contribution in [0.2, 0.25) is 0 Å². The van der Waals surface area contributed by atoms with Crippen molar-refractivity contribution in [2.45, 2.75) is 25.3 Å². The number of nitrogens with one attached hydrogen (secondary N) is 1. The highest BCUT2D eigenvalue weighted by molar-refractivity contribution is 5.39. The summed E-state index contributed by atoms with van der Waals surface area (Å²) in [6.07, 6.45) is 7.11. The monoisotopic (exact) mass is 296 g/mol. The van der Waals surface area contributed by atoms with Crippen LogP contribution in [-0.2, 0) is 0 Å². The molecule has 0 bridgehead atoms. The maximum Gasteiger partial charge on any atom is 0.126 e. The standard InChI is InChI=1S/C17H20N4O/c18-11-14-6-7-17(19-12-14)20-13-15(16-5-4-10-22-16)21-8-2-1-3-9-21/h4-7,10,12,15H,1-3,8-9,13H2,(H,19,20)/t15-/m0/s1. The molecule has 0 aromatic carbocycles. The van der Waals surface area contributed by atoms with E-state index in [0.29, 0.717) is 5.56 Å². The van der Waals surface area contributed by atoms with Crippen LogP contribution in [0.15, 0.2) is 41.1 Å². The van der Waals surface area contributed by atoms with E-state index in [1.54, 1.807) is 18.5 Å². The molecular formula is C17H20N4O. The zero-order chi connectivity index (χ0) is 15.2. The van der Waals surface area contributed by atoms with Crippen molar-refractivity contribution in [1.29, 1.82) is 5.26 Å². The lowest BCUT2D eigenvalue weighted by molar-refractivity contribution is 0.153. The molecule has 2 aromatic rings. The number of hydrogen-bond acceptors (Lipinski definition) is 5. The minimum absolute atomic E-state index is 0.216. The smallest absolute Gasteiger partial charge is 0.126 e. The number of furan rings is 1. The minimum Gasteiger partial charge on any atom is -0.468 e. The maximum atomic E-state index is 8.81. The molecule has 1 fully saturated rings. The van der Waals surface area contributed by atoms with Crippen LogP contribution in [0.1, 0.15) is 36.6 Å². The highest BCUT2D eigenvalue weighted by atomic mass is 16.3. The Hall–Kier alpha value is -2.32. The van der Waals surface area contributed by atoms with Crippen molar-refractivity contribution in [3.05, 3.63) is 48.0 Å². The van der Waals surface area contributed by atoms with E-state index < -0.39 is 0 Å². The van der Waals surface area contributed by atoms with E-state index in [1.165, 1.54) is 19.3 Å². The topological polar surface area (TPSA) is 65.1 Å². The van der Waals surface area contributed by atoms with E-state index >= 15 is 0 Å². The van der Waals surface area contributed by atoms with Crippen molar-refractivity contribution >= 4 is 5.82 Å². The first kappa shape index (κ1) is 14.6.